The second kappa shape index (κ2) is 6.70. The fourth-order valence-electron chi connectivity index (χ4n) is 1.88. The van der Waals surface area contributed by atoms with E-state index in [4.69, 9.17) is 4.74 Å². The van der Waals surface area contributed by atoms with E-state index in [1.165, 1.54) is 25.8 Å². The Morgan fingerprint density at radius 2 is 2.14 bits per heavy atom. The van der Waals surface area contributed by atoms with E-state index in [0.717, 1.165) is 30.9 Å². The molecule has 2 nitrogen and oxygen atoms in total. The van der Waals surface area contributed by atoms with E-state index in [2.05, 4.69) is 24.5 Å². The van der Waals surface area contributed by atoms with Crippen LogP contribution >= 0.6 is 12.6 Å². The third-order valence-corrected chi connectivity index (χ3v) is 3.38. The molecule has 0 aliphatic heterocycles. The summed E-state index contributed by atoms with van der Waals surface area (Å²) in [5.74, 6) is 1.94. The number of rotatable bonds is 8. The first-order chi connectivity index (χ1) is 6.79. The van der Waals surface area contributed by atoms with Crippen molar-refractivity contribution in [3.63, 3.8) is 0 Å². The number of hydrogen-bond donors (Lipinski definition) is 1. The second-order valence-electron chi connectivity index (χ2n) is 4.18. The average Bonchev–Trinajstić information content (AvgIpc) is 3.00. The molecule has 1 unspecified atom stereocenters. The van der Waals surface area contributed by atoms with Crippen molar-refractivity contribution < 1.29 is 4.74 Å². The Labute approximate surface area is 93.4 Å². The zero-order valence-corrected chi connectivity index (χ0v) is 10.3. The molecule has 0 heterocycles. The molecular weight excluding hydrogens is 194 g/mol. The molecule has 0 bridgehead atoms. The van der Waals surface area contributed by atoms with Gasteiger partial charge in [-0.05, 0) is 44.4 Å². The van der Waals surface area contributed by atoms with Crippen LogP contribution in [0.3, 0.4) is 0 Å². The van der Waals surface area contributed by atoms with Crippen LogP contribution in [0.1, 0.15) is 26.2 Å². The van der Waals surface area contributed by atoms with Gasteiger partial charge >= 0.3 is 0 Å². The van der Waals surface area contributed by atoms with Crippen LogP contribution in [0.25, 0.3) is 0 Å². The fraction of sp³-hybridized carbons (Fsp3) is 1.00. The maximum Gasteiger partial charge on any atom is 0.0589 e. The molecule has 84 valence electrons. The van der Waals surface area contributed by atoms with Crippen molar-refractivity contribution in [3.05, 3.63) is 0 Å². The van der Waals surface area contributed by atoms with E-state index in [1.807, 2.05) is 0 Å². The summed E-state index contributed by atoms with van der Waals surface area (Å²) in [6.45, 7) is 5.45. The highest BCUT2D eigenvalue weighted by Crippen LogP contribution is 2.35. The Morgan fingerprint density at radius 1 is 1.43 bits per heavy atom. The predicted molar refractivity (Wildman–Crippen MR) is 64.1 cm³/mol. The van der Waals surface area contributed by atoms with E-state index in [9.17, 15) is 0 Å². The Morgan fingerprint density at radius 3 is 2.64 bits per heavy atom. The lowest BCUT2D eigenvalue weighted by atomic mass is 10.2. The number of methoxy groups -OCH3 is 1. The van der Waals surface area contributed by atoms with E-state index in [1.54, 1.807) is 7.11 Å². The smallest absolute Gasteiger partial charge is 0.0589 e. The van der Waals surface area contributed by atoms with Crippen LogP contribution in [0.2, 0.25) is 0 Å². The van der Waals surface area contributed by atoms with Gasteiger partial charge in [-0.3, -0.25) is 4.90 Å². The number of hydrogen-bond acceptors (Lipinski definition) is 3. The Bertz CT molecular complexity index is 142. The van der Waals surface area contributed by atoms with Gasteiger partial charge in [-0.2, -0.15) is 12.6 Å². The highest BCUT2D eigenvalue weighted by atomic mass is 32.1. The molecular formula is C11H23NOS. The van der Waals surface area contributed by atoms with Crippen LogP contribution < -0.4 is 0 Å². The van der Waals surface area contributed by atoms with Gasteiger partial charge in [0.25, 0.3) is 0 Å². The maximum absolute atomic E-state index is 5.14. The van der Waals surface area contributed by atoms with E-state index in [-0.39, 0.29) is 0 Å². The lowest BCUT2D eigenvalue weighted by Crippen LogP contribution is -2.38. The monoisotopic (exact) mass is 217 g/mol. The summed E-state index contributed by atoms with van der Waals surface area (Å²) >= 11 is 4.26. The molecule has 0 radical (unpaired) electrons. The fourth-order valence-corrected chi connectivity index (χ4v) is 2.02. The molecule has 0 aromatic heterocycles. The van der Waals surface area contributed by atoms with Crippen LogP contribution in [0.5, 0.6) is 0 Å². The van der Waals surface area contributed by atoms with Crippen molar-refractivity contribution in [2.24, 2.45) is 5.92 Å². The summed E-state index contributed by atoms with van der Waals surface area (Å²) in [5, 5.41) is 0. The summed E-state index contributed by atoms with van der Waals surface area (Å²) in [4.78, 5) is 2.55. The summed E-state index contributed by atoms with van der Waals surface area (Å²) in [5.41, 5.74) is 0. The highest BCUT2D eigenvalue weighted by Gasteiger charge is 2.31. The van der Waals surface area contributed by atoms with Crippen molar-refractivity contribution in [2.45, 2.75) is 32.2 Å². The van der Waals surface area contributed by atoms with Crippen molar-refractivity contribution >= 4 is 12.6 Å². The highest BCUT2D eigenvalue weighted by molar-refractivity contribution is 7.80. The number of nitrogens with zero attached hydrogens (tertiary/aromatic N) is 1. The molecule has 14 heavy (non-hydrogen) atoms. The van der Waals surface area contributed by atoms with E-state index in [0.29, 0.717) is 0 Å². The molecule has 0 saturated heterocycles. The zero-order chi connectivity index (χ0) is 10.4. The third kappa shape index (κ3) is 4.20. The SMILES string of the molecule is COCCN(CCCS)C(C)C1CC1. The molecule has 0 N–H and O–H groups in total. The summed E-state index contributed by atoms with van der Waals surface area (Å²) in [6.07, 6.45) is 4.03. The van der Waals surface area contributed by atoms with Gasteiger partial charge in [0, 0.05) is 19.7 Å². The maximum atomic E-state index is 5.14. The standard InChI is InChI=1S/C11H23NOS/c1-10(11-4-5-11)12(6-3-9-14)7-8-13-2/h10-11,14H,3-9H2,1-2H3. The molecule has 0 spiro atoms. The van der Waals surface area contributed by atoms with E-state index >= 15 is 0 Å². The van der Waals surface area contributed by atoms with Gasteiger partial charge in [0.1, 0.15) is 0 Å². The van der Waals surface area contributed by atoms with Gasteiger partial charge in [-0.1, -0.05) is 0 Å². The van der Waals surface area contributed by atoms with Gasteiger partial charge in [0.2, 0.25) is 0 Å². The van der Waals surface area contributed by atoms with Crippen LogP contribution in [0, 0.1) is 5.92 Å². The van der Waals surface area contributed by atoms with Gasteiger partial charge in [0.05, 0.1) is 6.61 Å². The Balaban J connectivity index is 2.25. The molecule has 1 aliphatic carbocycles. The molecule has 0 amide bonds. The van der Waals surface area contributed by atoms with Crippen LogP contribution in [-0.2, 0) is 4.74 Å². The Kier molecular flexibility index (Phi) is 5.90. The summed E-state index contributed by atoms with van der Waals surface area (Å²) in [6, 6.07) is 0.741. The lowest BCUT2D eigenvalue weighted by molar-refractivity contribution is 0.117. The second-order valence-corrected chi connectivity index (χ2v) is 4.63. The number of thiol groups is 1. The van der Waals surface area contributed by atoms with Gasteiger partial charge < -0.3 is 4.74 Å². The minimum Gasteiger partial charge on any atom is -0.383 e. The zero-order valence-electron chi connectivity index (χ0n) is 9.41. The minimum atomic E-state index is 0.741. The van der Waals surface area contributed by atoms with Crippen LogP contribution in [0.4, 0.5) is 0 Å². The molecule has 1 rings (SSSR count). The molecule has 1 aliphatic rings. The van der Waals surface area contributed by atoms with Crippen molar-refractivity contribution in [1.82, 2.24) is 4.90 Å². The quantitative estimate of drug-likeness (QED) is 0.625. The molecule has 1 saturated carbocycles. The summed E-state index contributed by atoms with van der Waals surface area (Å²) < 4.78 is 5.14. The lowest BCUT2D eigenvalue weighted by Gasteiger charge is -2.28. The molecule has 0 aromatic carbocycles. The van der Waals surface area contributed by atoms with Crippen LogP contribution in [-0.4, -0.2) is 43.5 Å². The molecule has 1 atom stereocenters. The minimum absolute atomic E-state index is 0.741. The largest absolute Gasteiger partial charge is 0.383 e. The van der Waals surface area contributed by atoms with E-state index < -0.39 is 0 Å². The van der Waals surface area contributed by atoms with Crippen LogP contribution in [0.15, 0.2) is 0 Å². The first kappa shape index (κ1) is 12.3. The third-order valence-electron chi connectivity index (χ3n) is 3.07. The first-order valence-corrected chi connectivity index (χ1v) is 6.26. The topological polar surface area (TPSA) is 12.5 Å². The first-order valence-electron chi connectivity index (χ1n) is 5.63. The van der Waals surface area contributed by atoms with Crippen molar-refractivity contribution in [3.8, 4) is 0 Å². The molecule has 3 heteroatoms. The van der Waals surface area contributed by atoms with Gasteiger partial charge in [0.15, 0.2) is 0 Å². The molecule has 1 fully saturated rings. The summed E-state index contributed by atoms with van der Waals surface area (Å²) in [7, 11) is 1.78. The Hall–Kier alpha value is 0.270. The number of ether oxygens (including phenoxy) is 1. The average molecular weight is 217 g/mol. The van der Waals surface area contributed by atoms with Gasteiger partial charge in [-0.15, -0.1) is 0 Å². The van der Waals surface area contributed by atoms with Crippen molar-refractivity contribution in [2.75, 3.05) is 32.6 Å². The predicted octanol–water partition coefficient (Wildman–Crippen LogP) is 2.05. The normalized spacial score (nSPS) is 18.9. The molecule has 0 aromatic rings. The van der Waals surface area contributed by atoms with Crippen molar-refractivity contribution in [1.29, 1.82) is 0 Å². The van der Waals surface area contributed by atoms with Gasteiger partial charge in [-0.25, -0.2) is 0 Å².